The van der Waals surface area contributed by atoms with Crippen LogP contribution in [0.3, 0.4) is 0 Å². The Morgan fingerprint density at radius 2 is 2.03 bits per heavy atom. The van der Waals surface area contributed by atoms with Gasteiger partial charge in [-0.3, -0.25) is 9.89 Å². The summed E-state index contributed by atoms with van der Waals surface area (Å²) in [4.78, 5) is 20.7. The number of halogens is 1. The lowest BCUT2D eigenvalue weighted by atomic mass is 10.1. The van der Waals surface area contributed by atoms with Gasteiger partial charge in [-0.2, -0.15) is 0 Å². The van der Waals surface area contributed by atoms with E-state index >= 15 is 0 Å². The van der Waals surface area contributed by atoms with Crippen LogP contribution in [0.15, 0.2) is 27.8 Å². The number of piperidine rings is 1. The normalized spacial score (nSPS) is 18.4. The smallest absolute Gasteiger partial charge is 0.409 e. The number of morpholine rings is 1. The average Bonchev–Trinajstić information content (AvgIpc) is 3.31. The van der Waals surface area contributed by atoms with E-state index in [4.69, 9.17) is 18.9 Å². The highest BCUT2D eigenvalue weighted by Gasteiger charge is 2.23. The first-order valence-corrected chi connectivity index (χ1v) is 10.9. The number of hydrogen-bond acceptors (Lipinski definition) is 6. The van der Waals surface area contributed by atoms with E-state index in [1.807, 2.05) is 12.1 Å². The van der Waals surface area contributed by atoms with E-state index in [0.29, 0.717) is 19.1 Å². The van der Waals surface area contributed by atoms with Crippen LogP contribution < -0.4 is 10.6 Å². The molecule has 1 aromatic rings. The molecule has 1 amide bonds. The Labute approximate surface area is 201 Å². The number of carbonyl (C=O) groups excluding carboxylic acids is 1. The Kier molecular flexibility index (Phi) is 12.0. The third-order valence-corrected chi connectivity index (χ3v) is 5.52. The highest BCUT2D eigenvalue weighted by atomic mass is 127. The van der Waals surface area contributed by atoms with E-state index in [2.05, 4.69) is 15.5 Å². The van der Waals surface area contributed by atoms with Gasteiger partial charge in [-0.15, -0.1) is 24.0 Å². The highest BCUT2D eigenvalue weighted by molar-refractivity contribution is 14.0. The summed E-state index contributed by atoms with van der Waals surface area (Å²) >= 11 is 0. The van der Waals surface area contributed by atoms with Crippen molar-refractivity contribution in [3.63, 3.8) is 0 Å². The molecule has 2 aliphatic rings. The van der Waals surface area contributed by atoms with Crippen molar-refractivity contribution in [3.05, 3.63) is 24.2 Å². The first kappa shape index (κ1) is 25.7. The van der Waals surface area contributed by atoms with Gasteiger partial charge in [-0.05, 0) is 31.4 Å². The zero-order valence-corrected chi connectivity index (χ0v) is 20.7. The standard InChI is InChI=1S/C21H35N5O4.HI/c1-28-21(27)26-11-6-18(7-12-26)24-20(23-9-5-19-4-2-15-30-19)22-8-3-10-25-13-16-29-17-14-25;/h2,4,15,18H,3,5-14,16-17H2,1H3,(H2,22,23,24);1H. The summed E-state index contributed by atoms with van der Waals surface area (Å²) in [6.07, 6.45) is 5.03. The molecule has 2 aliphatic heterocycles. The van der Waals surface area contributed by atoms with E-state index in [1.165, 1.54) is 7.11 Å². The Bertz CT molecular complexity index is 644. The summed E-state index contributed by atoms with van der Waals surface area (Å²) in [5.74, 6) is 1.79. The van der Waals surface area contributed by atoms with Crippen molar-refractivity contribution in [1.29, 1.82) is 0 Å². The molecular formula is C21H36IN5O4. The minimum absolute atomic E-state index is 0. The number of nitrogens with one attached hydrogen (secondary N) is 2. The second-order valence-corrected chi connectivity index (χ2v) is 7.67. The number of methoxy groups -OCH3 is 1. The molecule has 1 aromatic heterocycles. The molecule has 0 unspecified atom stereocenters. The number of furan rings is 1. The van der Waals surface area contributed by atoms with Gasteiger partial charge in [0.1, 0.15) is 5.76 Å². The van der Waals surface area contributed by atoms with Gasteiger partial charge >= 0.3 is 6.09 Å². The molecule has 0 atom stereocenters. The Hall–Kier alpha value is -1.53. The molecule has 10 heteroatoms. The minimum atomic E-state index is -0.248. The van der Waals surface area contributed by atoms with Gasteiger partial charge in [0, 0.05) is 58.3 Å². The van der Waals surface area contributed by atoms with Crippen LogP contribution in [0.2, 0.25) is 0 Å². The molecule has 0 spiro atoms. The molecule has 0 bridgehead atoms. The van der Waals surface area contributed by atoms with Gasteiger partial charge in [0.15, 0.2) is 5.96 Å². The highest BCUT2D eigenvalue weighted by Crippen LogP contribution is 2.11. The van der Waals surface area contributed by atoms with Crippen LogP contribution in [-0.2, 0) is 15.9 Å². The summed E-state index contributed by atoms with van der Waals surface area (Å²) in [6, 6.07) is 4.18. The number of carbonyl (C=O) groups is 1. The number of likely N-dealkylation sites (tertiary alicyclic amines) is 1. The minimum Gasteiger partial charge on any atom is -0.469 e. The number of aliphatic imine (C=N–C) groups is 1. The lowest BCUT2D eigenvalue weighted by Gasteiger charge is -2.32. The summed E-state index contributed by atoms with van der Waals surface area (Å²) in [5, 5.41) is 6.98. The number of nitrogens with zero attached hydrogens (tertiary/aromatic N) is 3. The first-order valence-electron chi connectivity index (χ1n) is 10.9. The second kappa shape index (κ2) is 14.5. The molecule has 3 rings (SSSR count). The van der Waals surface area contributed by atoms with E-state index in [1.54, 1.807) is 11.2 Å². The van der Waals surface area contributed by atoms with Crippen molar-refractivity contribution in [2.75, 3.05) is 66.1 Å². The van der Waals surface area contributed by atoms with Crippen molar-refractivity contribution in [3.8, 4) is 0 Å². The summed E-state index contributed by atoms with van der Waals surface area (Å²) in [5.41, 5.74) is 0. The zero-order chi connectivity index (χ0) is 21.0. The van der Waals surface area contributed by atoms with Crippen molar-refractivity contribution < 1.29 is 18.7 Å². The Morgan fingerprint density at radius 1 is 1.26 bits per heavy atom. The molecule has 2 N–H and O–H groups in total. The largest absolute Gasteiger partial charge is 0.469 e. The van der Waals surface area contributed by atoms with Crippen LogP contribution in [0.4, 0.5) is 4.79 Å². The molecule has 2 fully saturated rings. The number of rotatable bonds is 8. The van der Waals surface area contributed by atoms with Crippen molar-refractivity contribution >= 4 is 36.0 Å². The maximum absolute atomic E-state index is 11.7. The molecule has 0 aromatic carbocycles. The zero-order valence-electron chi connectivity index (χ0n) is 18.4. The number of ether oxygens (including phenoxy) is 2. The lowest BCUT2D eigenvalue weighted by molar-refractivity contribution is 0.0377. The predicted molar refractivity (Wildman–Crippen MR) is 130 cm³/mol. The van der Waals surface area contributed by atoms with Crippen molar-refractivity contribution in [2.45, 2.75) is 31.7 Å². The molecule has 3 heterocycles. The molecule has 176 valence electrons. The molecular weight excluding hydrogens is 513 g/mol. The topological polar surface area (TPSA) is 91.6 Å². The first-order chi connectivity index (χ1) is 14.7. The average molecular weight is 549 g/mol. The quantitative estimate of drug-likeness (QED) is 0.222. The summed E-state index contributed by atoms with van der Waals surface area (Å²) < 4.78 is 15.6. The van der Waals surface area contributed by atoms with Crippen LogP contribution in [0, 0.1) is 0 Å². The van der Waals surface area contributed by atoms with Crippen LogP contribution in [-0.4, -0.2) is 94.0 Å². The van der Waals surface area contributed by atoms with Gasteiger partial charge in [0.2, 0.25) is 0 Å². The molecule has 31 heavy (non-hydrogen) atoms. The number of hydrogen-bond donors (Lipinski definition) is 2. The fraction of sp³-hybridized carbons (Fsp3) is 0.714. The fourth-order valence-corrected chi connectivity index (χ4v) is 3.75. The Balaban J connectivity index is 0.00000341. The third kappa shape index (κ3) is 9.24. The maximum Gasteiger partial charge on any atom is 0.409 e. The van der Waals surface area contributed by atoms with E-state index in [9.17, 15) is 4.79 Å². The number of amides is 1. The summed E-state index contributed by atoms with van der Waals surface area (Å²) in [7, 11) is 1.43. The van der Waals surface area contributed by atoms with Gasteiger partial charge < -0.3 is 29.4 Å². The fourth-order valence-electron chi connectivity index (χ4n) is 3.75. The van der Waals surface area contributed by atoms with Crippen LogP contribution in [0.5, 0.6) is 0 Å². The monoisotopic (exact) mass is 549 g/mol. The molecule has 0 radical (unpaired) electrons. The molecule has 2 saturated heterocycles. The van der Waals surface area contributed by atoms with Gasteiger partial charge in [-0.1, -0.05) is 0 Å². The van der Waals surface area contributed by atoms with E-state index < -0.39 is 0 Å². The molecule has 0 aliphatic carbocycles. The third-order valence-electron chi connectivity index (χ3n) is 5.52. The van der Waals surface area contributed by atoms with Gasteiger partial charge in [0.05, 0.1) is 26.6 Å². The van der Waals surface area contributed by atoms with E-state index in [0.717, 1.165) is 83.3 Å². The van der Waals surface area contributed by atoms with Crippen LogP contribution in [0.1, 0.15) is 25.0 Å². The lowest BCUT2D eigenvalue weighted by Crippen LogP contribution is -2.50. The maximum atomic E-state index is 11.7. The van der Waals surface area contributed by atoms with Crippen molar-refractivity contribution in [1.82, 2.24) is 20.4 Å². The van der Waals surface area contributed by atoms with Crippen LogP contribution in [0.25, 0.3) is 0 Å². The Morgan fingerprint density at radius 3 is 2.71 bits per heavy atom. The molecule has 0 saturated carbocycles. The van der Waals surface area contributed by atoms with Gasteiger partial charge in [0.25, 0.3) is 0 Å². The predicted octanol–water partition coefficient (Wildman–Crippen LogP) is 1.93. The number of guanidine groups is 1. The molecule has 9 nitrogen and oxygen atoms in total. The van der Waals surface area contributed by atoms with Crippen molar-refractivity contribution in [2.24, 2.45) is 4.99 Å². The van der Waals surface area contributed by atoms with Crippen LogP contribution >= 0.6 is 24.0 Å². The SMILES string of the molecule is COC(=O)N1CCC(NC(=NCCCN2CCOCC2)NCCc2ccco2)CC1.I. The van der Waals surface area contributed by atoms with E-state index in [-0.39, 0.29) is 30.1 Å². The second-order valence-electron chi connectivity index (χ2n) is 7.67. The summed E-state index contributed by atoms with van der Waals surface area (Å²) in [6.45, 7) is 7.64. The van der Waals surface area contributed by atoms with Gasteiger partial charge in [-0.25, -0.2) is 4.79 Å².